The van der Waals surface area contributed by atoms with Gasteiger partial charge >= 0.3 is 0 Å². The molecule has 1 aromatic carbocycles. The SMILES string of the molecule is Cn1c(C2(NS(=O)(=O)c3ccc(Cl)cc3)CCCCC2)n[nH]c1=S. The molecule has 2 aromatic rings. The highest BCUT2D eigenvalue weighted by molar-refractivity contribution is 7.89. The lowest BCUT2D eigenvalue weighted by Crippen LogP contribution is -2.48. The van der Waals surface area contributed by atoms with Gasteiger partial charge in [0, 0.05) is 12.1 Å². The summed E-state index contributed by atoms with van der Waals surface area (Å²) < 4.78 is 30.9. The molecule has 0 atom stereocenters. The van der Waals surface area contributed by atoms with Gasteiger partial charge < -0.3 is 4.57 Å². The fourth-order valence-corrected chi connectivity index (χ4v) is 4.91. The maximum Gasteiger partial charge on any atom is 0.241 e. The number of aromatic nitrogens is 3. The van der Waals surface area contributed by atoms with E-state index in [0.717, 1.165) is 19.3 Å². The number of H-pyrrole nitrogens is 1. The topological polar surface area (TPSA) is 79.8 Å². The Balaban J connectivity index is 2.03. The standard InChI is InChI=1S/C15H19ClN4O2S2/c1-20-13(17-18-14(20)23)15(9-3-2-4-10-15)19-24(21,22)12-7-5-11(16)6-8-12/h5-8,19H,2-4,9-10H2,1H3,(H,18,23). The molecule has 1 fully saturated rings. The van der Waals surface area contributed by atoms with Crippen molar-refractivity contribution in [1.82, 2.24) is 19.5 Å². The van der Waals surface area contributed by atoms with Crippen molar-refractivity contribution in [2.24, 2.45) is 7.05 Å². The van der Waals surface area contributed by atoms with Gasteiger partial charge in [-0.05, 0) is 49.3 Å². The van der Waals surface area contributed by atoms with Crippen molar-refractivity contribution in [3.05, 3.63) is 39.9 Å². The van der Waals surface area contributed by atoms with Crippen LogP contribution in [0.4, 0.5) is 0 Å². The van der Waals surface area contributed by atoms with Gasteiger partial charge in [0.05, 0.1) is 10.4 Å². The smallest absolute Gasteiger partial charge is 0.241 e. The van der Waals surface area contributed by atoms with Crippen LogP contribution in [0.5, 0.6) is 0 Å². The van der Waals surface area contributed by atoms with Gasteiger partial charge in [-0.25, -0.2) is 8.42 Å². The zero-order valence-electron chi connectivity index (χ0n) is 13.3. The summed E-state index contributed by atoms with van der Waals surface area (Å²) in [5, 5.41) is 7.55. The molecule has 1 saturated carbocycles. The van der Waals surface area contributed by atoms with Crippen LogP contribution in [0.15, 0.2) is 29.2 Å². The summed E-state index contributed by atoms with van der Waals surface area (Å²) in [6, 6.07) is 6.15. The minimum atomic E-state index is -3.70. The molecule has 0 unspecified atom stereocenters. The molecule has 2 N–H and O–H groups in total. The fraction of sp³-hybridized carbons (Fsp3) is 0.467. The number of halogens is 1. The van der Waals surface area contributed by atoms with E-state index in [-0.39, 0.29) is 4.90 Å². The van der Waals surface area contributed by atoms with E-state index >= 15 is 0 Å². The van der Waals surface area contributed by atoms with Crippen molar-refractivity contribution in [3.8, 4) is 0 Å². The molecule has 0 amide bonds. The van der Waals surface area contributed by atoms with Crippen LogP contribution in [0.3, 0.4) is 0 Å². The molecule has 9 heteroatoms. The molecule has 0 saturated heterocycles. The van der Waals surface area contributed by atoms with Crippen molar-refractivity contribution in [2.45, 2.75) is 42.5 Å². The number of benzene rings is 1. The van der Waals surface area contributed by atoms with Gasteiger partial charge in [-0.3, -0.25) is 5.10 Å². The highest BCUT2D eigenvalue weighted by Gasteiger charge is 2.41. The predicted molar refractivity (Wildman–Crippen MR) is 94.9 cm³/mol. The molecule has 0 spiro atoms. The van der Waals surface area contributed by atoms with E-state index in [4.69, 9.17) is 23.8 Å². The first kappa shape index (κ1) is 17.6. The summed E-state index contributed by atoms with van der Waals surface area (Å²) in [7, 11) is -1.90. The Morgan fingerprint density at radius 1 is 1.25 bits per heavy atom. The maximum atomic E-state index is 12.9. The van der Waals surface area contributed by atoms with Gasteiger partial charge in [-0.15, -0.1) is 0 Å². The van der Waals surface area contributed by atoms with Crippen LogP contribution < -0.4 is 4.72 Å². The van der Waals surface area contributed by atoms with E-state index in [1.165, 1.54) is 12.1 Å². The molecule has 0 aliphatic heterocycles. The Labute approximate surface area is 151 Å². The number of sulfonamides is 1. The van der Waals surface area contributed by atoms with Crippen LogP contribution in [0.1, 0.15) is 37.9 Å². The lowest BCUT2D eigenvalue weighted by atomic mass is 9.82. The van der Waals surface area contributed by atoms with Crippen molar-refractivity contribution in [1.29, 1.82) is 0 Å². The van der Waals surface area contributed by atoms with Gasteiger partial charge in [-0.1, -0.05) is 30.9 Å². The van der Waals surface area contributed by atoms with E-state index in [0.29, 0.717) is 28.5 Å². The Hall–Kier alpha value is -1.22. The number of nitrogens with zero attached hydrogens (tertiary/aromatic N) is 2. The molecule has 1 heterocycles. The Kier molecular flexibility index (Phi) is 4.83. The lowest BCUT2D eigenvalue weighted by molar-refractivity contribution is 0.252. The van der Waals surface area contributed by atoms with Gasteiger partial charge in [0.25, 0.3) is 0 Å². The van der Waals surface area contributed by atoms with Gasteiger partial charge in [0.2, 0.25) is 10.0 Å². The number of rotatable bonds is 4. The third-order valence-corrected chi connectivity index (χ3v) is 6.64. The number of hydrogen-bond acceptors (Lipinski definition) is 4. The summed E-state index contributed by atoms with van der Waals surface area (Å²) in [6.45, 7) is 0. The van der Waals surface area contributed by atoms with Gasteiger partial charge in [0.15, 0.2) is 10.6 Å². The molecule has 0 bridgehead atoms. The van der Waals surface area contributed by atoms with Gasteiger partial charge in [-0.2, -0.15) is 9.82 Å². The summed E-state index contributed by atoms with van der Waals surface area (Å²) in [4.78, 5) is 0.189. The third-order valence-electron chi connectivity index (χ3n) is 4.47. The number of hydrogen-bond donors (Lipinski definition) is 2. The average Bonchev–Trinajstić information content (AvgIpc) is 2.88. The second-order valence-electron chi connectivity index (χ2n) is 6.11. The summed E-state index contributed by atoms with van der Waals surface area (Å²) in [5.41, 5.74) is -0.751. The largest absolute Gasteiger partial charge is 0.306 e. The average molecular weight is 387 g/mol. The molecule has 6 nitrogen and oxygen atoms in total. The van der Waals surface area contributed by atoms with Crippen LogP contribution >= 0.6 is 23.8 Å². The first-order chi connectivity index (χ1) is 11.3. The Bertz CT molecular complexity index is 881. The molecule has 1 aliphatic rings. The second kappa shape index (κ2) is 6.59. The van der Waals surface area contributed by atoms with E-state index in [1.807, 2.05) is 0 Å². The zero-order chi connectivity index (χ0) is 17.4. The fourth-order valence-electron chi connectivity index (χ4n) is 3.23. The molecular weight excluding hydrogens is 368 g/mol. The maximum absolute atomic E-state index is 12.9. The van der Waals surface area contributed by atoms with Crippen LogP contribution in [-0.2, 0) is 22.6 Å². The van der Waals surface area contributed by atoms with Crippen molar-refractivity contribution in [2.75, 3.05) is 0 Å². The monoisotopic (exact) mass is 386 g/mol. The van der Waals surface area contributed by atoms with Crippen molar-refractivity contribution >= 4 is 33.8 Å². The first-order valence-electron chi connectivity index (χ1n) is 7.75. The van der Waals surface area contributed by atoms with E-state index < -0.39 is 15.6 Å². The summed E-state index contributed by atoms with van der Waals surface area (Å²) in [5.74, 6) is 0.629. The van der Waals surface area contributed by atoms with Crippen molar-refractivity contribution in [3.63, 3.8) is 0 Å². The second-order valence-corrected chi connectivity index (χ2v) is 8.62. The highest BCUT2D eigenvalue weighted by Crippen LogP contribution is 2.37. The first-order valence-corrected chi connectivity index (χ1v) is 10.0. The minimum absolute atomic E-state index is 0.189. The molecule has 1 aromatic heterocycles. The minimum Gasteiger partial charge on any atom is -0.306 e. The third kappa shape index (κ3) is 3.28. The highest BCUT2D eigenvalue weighted by atomic mass is 35.5. The normalized spacial score (nSPS) is 17.8. The molecule has 0 radical (unpaired) electrons. The zero-order valence-corrected chi connectivity index (χ0v) is 15.6. The molecule has 1 aliphatic carbocycles. The molecule has 24 heavy (non-hydrogen) atoms. The Morgan fingerprint density at radius 2 is 1.88 bits per heavy atom. The Morgan fingerprint density at radius 3 is 2.42 bits per heavy atom. The van der Waals surface area contributed by atoms with E-state index in [2.05, 4.69) is 14.9 Å². The van der Waals surface area contributed by atoms with Crippen molar-refractivity contribution < 1.29 is 8.42 Å². The number of aromatic amines is 1. The molecule has 3 rings (SSSR count). The van der Waals surface area contributed by atoms with Crippen LogP contribution in [0.2, 0.25) is 5.02 Å². The molecule has 130 valence electrons. The van der Waals surface area contributed by atoms with E-state index in [9.17, 15) is 8.42 Å². The number of nitrogens with one attached hydrogen (secondary N) is 2. The van der Waals surface area contributed by atoms with Crippen LogP contribution in [-0.4, -0.2) is 23.2 Å². The van der Waals surface area contributed by atoms with Crippen LogP contribution in [0, 0.1) is 4.77 Å². The summed E-state index contributed by atoms with van der Waals surface area (Å²) in [6.07, 6.45) is 4.32. The molecular formula is C15H19ClN4O2S2. The van der Waals surface area contributed by atoms with E-state index in [1.54, 1.807) is 23.7 Å². The van der Waals surface area contributed by atoms with Gasteiger partial charge in [0.1, 0.15) is 0 Å². The summed E-state index contributed by atoms with van der Waals surface area (Å²) >= 11 is 11.1. The lowest BCUT2D eigenvalue weighted by Gasteiger charge is -2.36. The van der Waals surface area contributed by atoms with Crippen LogP contribution in [0.25, 0.3) is 0 Å². The quantitative estimate of drug-likeness (QED) is 0.790. The predicted octanol–water partition coefficient (Wildman–Crippen LogP) is 3.27.